The molecule has 2 heteroatoms. The number of nitrogens with zero attached hydrogens (tertiary/aromatic N) is 1. The minimum Gasteiger partial charge on any atom is -0.329 e. The van der Waals surface area contributed by atoms with E-state index in [9.17, 15) is 0 Å². The average molecular weight is 240 g/mol. The number of likely N-dealkylation sites (N-methyl/N-ethyl adjacent to an activating group) is 1. The predicted octanol–water partition coefficient (Wildman–Crippen LogP) is 3.26. The van der Waals surface area contributed by atoms with E-state index in [0.29, 0.717) is 6.04 Å². The first-order valence-electron chi connectivity index (χ1n) is 7.55. The van der Waals surface area contributed by atoms with Crippen LogP contribution in [0.15, 0.2) is 0 Å². The fourth-order valence-electron chi connectivity index (χ4n) is 3.57. The van der Waals surface area contributed by atoms with Crippen molar-refractivity contribution in [1.29, 1.82) is 0 Å². The van der Waals surface area contributed by atoms with Crippen LogP contribution in [0.3, 0.4) is 0 Å². The summed E-state index contributed by atoms with van der Waals surface area (Å²) in [4.78, 5) is 2.60. The van der Waals surface area contributed by atoms with E-state index < -0.39 is 0 Å². The highest BCUT2D eigenvalue weighted by molar-refractivity contribution is 4.85. The molecule has 0 aromatic heterocycles. The molecular formula is C15H32N2. The Labute approximate surface area is 108 Å². The molecule has 0 aromatic rings. The van der Waals surface area contributed by atoms with Crippen molar-refractivity contribution in [3.8, 4) is 0 Å². The van der Waals surface area contributed by atoms with E-state index in [1.54, 1.807) is 0 Å². The van der Waals surface area contributed by atoms with Crippen LogP contribution >= 0.6 is 0 Å². The second-order valence-corrected chi connectivity index (χ2v) is 5.97. The third-order valence-corrected chi connectivity index (χ3v) is 4.84. The Morgan fingerprint density at radius 1 is 1.24 bits per heavy atom. The number of nitrogens with two attached hydrogens (primary N) is 1. The molecule has 0 aromatic carbocycles. The van der Waals surface area contributed by atoms with Gasteiger partial charge in [0.2, 0.25) is 0 Å². The van der Waals surface area contributed by atoms with Gasteiger partial charge in [0.15, 0.2) is 0 Å². The normalized spacial score (nSPS) is 27.7. The molecule has 0 bridgehead atoms. The van der Waals surface area contributed by atoms with Gasteiger partial charge in [0.25, 0.3) is 0 Å². The topological polar surface area (TPSA) is 29.3 Å². The van der Waals surface area contributed by atoms with Crippen molar-refractivity contribution in [3.05, 3.63) is 0 Å². The van der Waals surface area contributed by atoms with Crippen LogP contribution in [0.2, 0.25) is 0 Å². The summed E-state index contributed by atoms with van der Waals surface area (Å²) in [7, 11) is 2.30. The Hall–Kier alpha value is -0.0800. The highest BCUT2D eigenvalue weighted by atomic mass is 15.2. The van der Waals surface area contributed by atoms with Gasteiger partial charge >= 0.3 is 0 Å². The highest BCUT2D eigenvalue weighted by Crippen LogP contribution is 2.29. The zero-order valence-corrected chi connectivity index (χ0v) is 12.3. The second-order valence-electron chi connectivity index (χ2n) is 5.97. The minimum absolute atomic E-state index is 0.584. The van der Waals surface area contributed by atoms with Crippen LogP contribution in [0.1, 0.15) is 59.3 Å². The Morgan fingerprint density at radius 3 is 2.35 bits per heavy atom. The van der Waals surface area contributed by atoms with Crippen LogP contribution < -0.4 is 5.73 Å². The van der Waals surface area contributed by atoms with Crippen LogP contribution in [0, 0.1) is 11.8 Å². The van der Waals surface area contributed by atoms with Crippen molar-refractivity contribution >= 4 is 0 Å². The molecule has 2 N–H and O–H groups in total. The van der Waals surface area contributed by atoms with Gasteiger partial charge < -0.3 is 5.73 Å². The van der Waals surface area contributed by atoms with Gasteiger partial charge in [0.1, 0.15) is 0 Å². The summed E-state index contributed by atoms with van der Waals surface area (Å²) in [6, 6.07) is 1.35. The van der Waals surface area contributed by atoms with Crippen molar-refractivity contribution in [2.75, 3.05) is 13.6 Å². The van der Waals surface area contributed by atoms with Gasteiger partial charge in [-0.3, -0.25) is 4.90 Å². The number of hydrogen-bond acceptors (Lipinski definition) is 2. The fourth-order valence-corrected chi connectivity index (χ4v) is 3.57. The molecule has 0 heterocycles. The number of rotatable bonds is 6. The van der Waals surface area contributed by atoms with Gasteiger partial charge in [-0.05, 0) is 31.7 Å². The zero-order chi connectivity index (χ0) is 12.8. The predicted molar refractivity (Wildman–Crippen MR) is 76.1 cm³/mol. The average Bonchev–Trinajstić information content (AvgIpc) is 2.35. The van der Waals surface area contributed by atoms with E-state index >= 15 is 0 Å². The standard InChI is InChI=1S/C15H32N2/c1-5-13(6-2)15(11-16)17(4)14-9-7-8-12(3)10-14/h12-15H,5-11,16H2,1-4H3. The Bertz CT molecular complexity index is 201. The maximum absolute atomic E-state index is 6.03. The quantitative estimate of drug-likeness (QED) is 0.772. The van der Waals surface area contributed by atoms with Gasteiger partial charge in [-0.2, -0.15) is 0 Å². The molecule has 2 nitrogen and oxygen atoms in total. The first-order valence-corrected chi connectivity index (χ1v) is 7.55. The van der Waals surface area contributed by atoms with Crippen LogP contribution in [0.5, 0.6) is 0 Å². The first kappa shape index (κ1) is 15.0. The van der Waals surface area contributed by atoms with Crippen LogP contribution in [0.25, 0.3) is 0 Å². The second kappa shape index (κ2) is 7.38. The lowest BCUT2D eigenvalue weighted by Gasteiger charge is -2.41. The van der Waals surface area contributed by atoms with E-state index in [1.165, 1.54) is 38.5 Å². The van der Waals surface area contributed by atoms with E-state index in [-0.39, 0.29) is 0 Å². The molecule has 0 radical (unpaired) electrons. The van der Waals surface area contributed by atoms with Crippen LogP contribution in [-0.2, 0) is 0 Å². The van der Waals surface area contributed by atoms with Crippen molar-refractivity contribution < 1.29 is 0 Å². The van der Waals surface area contributed by atoms with E-state index in [0.717, 1.165) is 24.4 Å². The lowest BCUT2D eigenvalue weighted by molar-refractivity contribution is 0.0852. The molecule has 102 valence electrons. The van der Waals surface area contributed by atoms with Gasteiger partial charge in [0, 0.05) is 18.6 Å². The molecule has 0 aliphatic heterocycles. The highest BCUT2D eigenvalue weighted by Gasteiger charge is 2.29. The largest absolute Gasteiger partial charge is 0.329 e. The summed E-state index contributed by atoms with van der Waals surface area (Å²) < 4.78 is 0. The summed E-state index contributed by atoms with van der Waals surface area (Å²) in [5, 5.41) is 0. The maximum Gasteiger partial charge on any atom is 0.0246 e. The lowest BCUT2D eigenvalue weighted by Crippen LogP contribution is -2.49. The summed E-state index contributed by atoms with van der Waals surface area (Å²) in [5.74, 6) is 1.67. The monoisotopic (exact) mass is 240 g/mol. The molecular weight excluding hydrogens is 208 g/mol. The molecule has 1 aliphatic rings. The summed E-state index contributed by atoms with van der Waals surface area (Å²) in [5.41, 5.74) is 6.03. The van der Waals surface area contributed by atoms with E-state index in [1.807, 2.05) is 0 Å². The van der Waals surface area contributed by atoms with Gasteiger partial charge in [-0.1, -0.05) is 46.5 Å². The molecule has 1 saturated carbocycles. The molecule has 1 aliphatic carbocycles. The van der Waals surface area contributed by atoms with Crippen molar-refractivity contribution in [2.45, 2.75) is 71.4 Å². The maximum atomic E-state index is 6.03. The molecule has 3 atom stereocenters. The Morgan fingerprint density at radius 2 is 1.88 bits per heavy atom. The summed E-state index contributed by atoms with van der Waals surface area (Å²) >= 11 is 0. The third-order valence-electron chi connectivity index (χ3n) is 4.84. The molecule has 1 fully saturated rings. The van der Waals surface area contributed by atoms with Crippen molar-refractivity contribution in [3.63, 3.8) is 0 Å². The molecule has 17 heavy (non-hydrogen) atoms. The van der Waals surface area contributed by atoms with Crippen molar-refractivity contribution in [1.82, 2.24) is 4.90 Å². The first-order chi connectivity index (χ1) is 8.13. The van der Waals surface area contributed by atoms with Crippen molar-refractivity contribution in [2.24, 2.45) is 17.6 Å². The van der Waals surface area contributed by atoms with Crippen LogP contribution in [-0.4, -0.2) is 30.6 Å². The molecule has 0 spiro atoms. The van der Waals surface area contributed by atoms with Gasteiger partial charge in [-0.25, -0.2) is 0 Å². The summed E-state index contributed by atoms with van der Waals surface area (Å²) in [6.07, 6.45) is 8.07. The summed E-state index contributed by atoms with van der Waals surface area (Å²) in [6.45, 7) is 7.81. The van der Waals surface area contributed by atoms with E-state index in [4.69, 9.17) is 5.73 Å². The third kappa shape index (κ3) is 3.96. The smallest absolute Gasteiger partial charge is 0.0246 e. The number of hydrogen-bond donors (Lipinski definition) is 1. The molecule has 3 unspecified atom stereocenters. The molecule has 0 amide bonds. The fraction of sp³-hybridized carbons (Fsp3) is 1.00. The Kier molecular flexibility index (Phi) is 6.50. The zero-order valence-electron chi connectivity index (χ0n) is 12.3. The SMILES string of the molecule is CCC(CC)C(CN)N(C)C1CCCC(C)C1. The Balaban J connectivity index is 2.60. The molecule has 1 rings (SSSR count). The minimum atomic E-state index is 0.584. The van der Waals surface area contributed by atoms with Gasteiger partial charge in [-0.15, -0.1) is 0 Å². The van der Waals surface area contributed by atoms with E-state index in [2.05, 4.69) is 32.7 Å². The molecule has 0 saturated heterocycles. The van der Waals surface area contributed by atoms with Crippen LogP contribution in [0.4, 0.5) is 0 Å². The lowest BCUT2D eigenvalue weighted by atomic mass is 9.84. The van der Waals surface area contributed by atoms with Gasteiger partial charge in [0.05, 0.1) is 0 Å².